The molecule has 10 nitrogen and oxygen atoms in total. The lowest BCUT2D eigenvalue weighted by Gasteiger charge is -2.24. The fourth-order valence-electron chi connectivity index (χ4n) is 4.01. The van der Waals surface area contributed by atoms with Crippen molar-refractivity contribution in [3.8, 4) is 17.2 Å². The van der Waals surface area contributed by atoms with Gasteiger partial charge in [-0.15, -0.1) is 0 Å². The second-order valence-electron chi connectivity index (χ2n) is 7.67. The Bertz CT molecular complexity index is 1200. The number of hydrogen-bond acceptors (Lipinski definition) is 7. The molecule has 2 aromatic rings. The highest BCUT2D eigenvalue weighted by Gasteiger charge is 2.39. The lowest BCUT2D eigenvalue weighted by atomic mass is 10.2. The topological polar surface area (TPSA) is 123 Å². The lowest BCUT2D eigenvalue weighted by Crippen LogP contribution is -2.45. The highest BCUT2D eigenvalue weighted by Crippen LogP contribution is 2.34. The Morgan fingerprint density at radius 3 is 2.78 bits per heavy atom. The summed E-state index contributed by atoms with van der Waals surface area (Å²) in [5.41, 5.74) is 1.12. The Morgan fingerprint density at radius 2 is 1.91 bits per heavy atom. The van der Waals surface area contributed by atoms with Crippen molar-refractivity contribution in [3.63, 3.8) is 0 Å². The zero-order valence-electron chi connectivity index (χ0n) is 17.0. The second-order valence-corrected chi connectivity index (χ2v) is 9.56. The first-order valence-corrected chi connectivity index (χ1v) is 11.6. The first-order chi connectivity index (χ1) is 15.4. The summed E-state index contributed by atoms with van der Waals surface area (Å²) in [5, 5.41) is 5.43. The van der Waals surface area contributed by atoms with Crippen LogP contribution in [0.15, 0.2) is 41.3 Å². The molecule has 3 aliphatic heterocycles. The molecule has 2 aromatic carbocycles. The third-order valence-corrected chi connectivity index (χ3v) is 7.50. The van der Waals surface area contributed by atoms with Gasteiger partial charge < -0.3 is 24.8 Å². The Kier molecular flexibility index (Phi) is 5.14. The van der Waals surface area contributed by atoms with Crippen LogP contribution in [-0.4, -0.2) is 50.5 Å². The van der Waals surface area contributed by atoms with Crippen LogP contribution in [0.4, 0.5) is 5.69 Å². The van der Waals surface area contributed by atoms with E-state index in [1.807, 2.05) is 6.07 Å². The summed E-state index contributed by atoms with van der Waals surface area (Å²) in [5.74, 6) is 0.959. The summed E-state index contributed by atoms with van der Waals surface area (Å²) < 4.78 is 43.7. The van der Waals surface area contributed by atoms with E-state index in [9.17, 15) is 18.0 Å². The van der Waals surface area contributed by atoms with Crippen LogP contribution in [0.25, 0.3) is 0 Å². The summed E-state index contributed by atoms with van der Waals surface area (Å²) in [6, 6.07) is 8.86. The normalized spacial score (nSPS) is 19.8. The zero-order chi connectivity index (χ0) is 22.3. The molecule has 11 heteroatoms. The molecule has 1 fully saturated rings. The van der Waals surface area contributed by atoms with E-state index >= 15 is 0 Å². The van der Waals surface area contributed by atoms with Gasteiger partial charge in [-0.05, 0) is 48.7 Å². The predicted molar refractivity (Wildman–Crippen MR) is 112 cm³/mol. The van der Waals surface area contributed by atoms with Gasteiger partial charge >= 0.3 is 0 Å². The molecule has 168 valence electrons. The van der Waals surface area contributed by atoms with Gasteiger partial charge in [0.1, 0.15) is 11.8 Å². The molecule has 0 radical (unpaired) electrons. The lowest BCUT2D eigenvalue weighted by molar-refractivity contribution is -0.124. The van der Waals surface area contributed by atoms with E-state index in [-0.39, 0.29) is 43.2 Å². The number of carbonyl (C=O) groups is 2. The molecule has 1 unspecified atom stereocenters. The first kappa shape index (κ1) is 20.6. The summed E-state index contributed by atoms with van der Waals surface area (Å²) in [6.45, 7) is 0.530. The molecule has 0 bridgehead atoms. The van der Waals surface area contributed by atoms with Gasteiger partial charge in [-0.25, -0.2) is 8.42 Å². The number of ether oxygens (including phenoxy) is 3. The minimum atomic E-state index is -3.95. The minimum absolute atomic E-state index is 0.00230. The summed E-state index contributed by atoms with van der Waals surface area (Å²) in [4.78, 5) is 24.4. The van der Waals surface area contributed by atoms with Crippen LogP contribution in [-0.2, 0) is 26.2 Å². The Balaban J connectivity index is 1.30. The minimum Gasteiger partial charge on any atom is -0.482 e. The maximum absolute atomic E-state index is 13.3. The van der Waals surface area contributed by atoms with E-state index in [2.05, 4.69) is 10.6 Å². The number of benzene rings is 2. The number of amides is 2. The van der Waals surface area contributed by atoms with E-state index in [1.54, 1.807) is 12.1 Å². The number of rotatable bonds is 5. The van der Waals surface area contributed by atoms with E-state index in [4.69, 9.17) is 14.2 Å². The molecular weight excluding hydrogens is 438 g/mol. The average molecular weight is 459 g/mol. The Morgan fingerprint density at radius 1 is 1.09 bits per heavy atom. The third-order valence-electron chi connectivity index (χ3n) is 5.60. The van der Waals surface area contributed by atoms with Crippen LogP contribution in [0.5, 0.6) is 17.2 Å². The highest BCUT2D eigenvalue weighted by atomic mass is 32.2. The smallest absolute Gasteiger partial charge is 0.262 e. The molecule has 3 aliphatic rings. The fourth-order valence-corrected chi connectivity index (χ4v) is 5.69. The van der Waals surface area contributed by atoms with E-state index in [0.717, 1.165) is 5.56 Å². The molecule has 1 saturated heterocycles. The van der Waals surface area contributed by atoms with Crippen LogP contribution in [0, 0.1) is 0 Å². The van der Waals surface area contributed by atoms with E-state index in [0.29, 0.717) is 35.8 Å². The summed E-state index contributed by atoms with van der Waals surface area (Å²) in [6.07, 6.45) is 1.00. The molecule has 0 aliphatic carbocycles. The molecule has 0 spiro atoms. The molecule has 32 heavy (non-hydrogen) atoms. The number of hydrogen-bond donors (Lipinski definition) is 2. The second kappa shape index (κ2) is 7.99. The van der Waals surface area contributed by atoms with Gasteiger partial charge in [0.2, 0.25) is 22.7 Å². The number of carbonyl (C=O) groups excluding carboxylic acids is 2. The highest BCUT2D eigenvalue weighted by molar-refractivity contribution is 7.89. The van der Waals surface area contributed by atoms with Crippen molar-refractivity contribution < 1.29 is 32.2 Å². The molecule has 2 N–H and O–H groups in total. The van der Waals surface area contributed by atoms with Crippen LogP contribution >= 0.6 is 0 Å². The van der Waals surface area contributed by atoms with Crippen molar-refractivity contribution in [2.45, 2.75) is 30.3 Å². The summed E-state index contributed by atoms with van der Waals surface area (Å²) >= 11 is 0. The van der Waals surface area contributed by atoms with Gasteiger partial charge in [-0.1, -0.05) is 6.07 Å². The van der Waals surface area contributed by atoms with Gasteiger partial charge in [0, 0.05) is 13.1 Å². The van der Waals surface area contributed by atoms with Gasteiger partial charge in [0.05, 0.1) is 10.6 Å². The van der Waals surface area contributed by atoms with Crippen molar-refractivity contribution in [1.82, 2.24) is 9.62 Å². The predicted octanol–water partition coefficient (Wildman–Crippen LogP) is 1.22. The van der Waals surface area contributed by atoms with Crippen LogP contribution in [0.2, 0.25) is 0 Å². The standard InChI is InChI=1S/C21H21N3O7S/c25-20-11-29-17-6-4-14(9-15(17)23-20)32(27,28)24-7-1-2-16(24)21(26)22-10-13-3-5-18-19(8-13)31-12-30-18/h3-6,8-9,16H,1-2,7,10-12H2,(H,22,26)(H,23,25). The molecule has 1 atom stereocenters. The average Bonchev–Trinajstić information content (AvgIpc) is 3.46. The Labute approximate surface area is 184 Å². The maximum atomic E-state index is 13.3. The zero-order valence-corrected chi connectivity index (χ0v) is 17.8. The quantitative estimate of drug-likeness (QED) is 0.689. The number of fused-ring (bicyclic) bond motifs is 2. The van der Waals surface area contributed by atoms with Crippen molar-refractivity contribution in [2.24, 2.45) is 0 Å². The van der Waals surface area contributed by atoms with Crippen molar-refractivity contribution >= 4 is 27.5 Å². The van der Waals surface area contributed by atoms with Gasteiger partial charge in [-0.3, -0.25) is 9.59 Å². The van der Waals surface area contributed by atoms with Crippen LogP contribution in [0.3, 0.4) is 0 Å². The molecule has 2 amide bonds. The fraction of sp³-hybridized carbons (Fsp3) is 0.333. The SMILES string of the molecule is O=C1COc2ccc(S(=O)(=O)N3CCCC3C(=O)NCc3ccc4c(c3)OCO4)cc2N1. The van der Waals surface area contributed by atoms with E-state index in [1.165, 1.54) is 22.5 Å². The maximum Gasteiger partial charge on any atom is 0.262 e. The number of anilines is 1. The number of sulfonamides is 1. The monoisotopic (exact) mass is 459 g/mol. The van der Waals surface area contributed by atoms with Gasteiger partial charge in [-0.2, -0.15) is 4.31 Å². The first-order valence-electron chi connectivity index (χ1n) is 10.2. The van der Waals surface area contributed by atoms with Gasteiger partial charge in [0.15, 0.2) is 18.1 Å². The molecule has 0 aromatic heterocycles. The Hall–Kier alpha value is -3.31. The molecule has 3 heterocycles. The van der Waals surface area contributed by atoms with Crippen molar-refractivity contribution in [1.29, 1.82) is 0 Å². The molecular formula is C21H21N3O7S. The third kappa shape index (κ3) is 3.73. The van der Waals surface area contributed by atoms with Gasteiger partial charge in [0.25, 0.3) is 5.91 Å². The van der Waals surface area contributed by atoms with Crippen molar-refractivity contribution in [2.75, 3.05) is 25.3 Å². The van der Waals surface area contributed by atoms with Crippen LogP contribution in [0.1, 0.15) is 18.4 Å². The van der Waals surface area contributed by atoms with E-state index < -0.39 is 16.1 Å². The largest absolute Gasteiger partial charge is 0.482 e. The number of nitrogens with zero attached hydrogens (tertiary/aromatic N) is 1. The summed E-state index contributed by atoms with van der Waals surface area (Å²) in [7, 11) is -3.95. The van der Waals surface area contributed by atoms with Crippen LogP contribution < -0.4 is 24.8 Å². The number of nitrogens with one attached hydrogen (secondary N) is 2. The molecule has 0 saturated carbocycles. The van der Waals surface area contributed by atoms with Crippen molar-refractivity contribution in [3.05, 3.63) is 42.0 Å². The molecule has 5 rings (SSSR count).